The molecule has 0 aromatic heterocycles. The molecule has 0 radical (unpaired) electrons. The molecule has 0 aliphatic heterocycles. The van der Waals surface area contributed by atoms with Crippen molar-refractivity contribution in [2.24, 2.45) is 4.99 Å². The summed E-state index contributed by atoms with van der Waals surface area (Å²) < 4.78 is 5.92. The molecule has 6 heteroatoms. The summed E-state index contributed by atoms with van der Waals surface area (Å²) in [7, 11) is 1.74. The van der Waals surface area contributed by atoms with Crippen LogP contribution in [0.25, 0.3) is 0 Å². The monoisotopic (exact) mass is 478 g/mol. The number of nitrogens with one attached hydrogen (secondary N) is 2. The van der Waals surface area contributed by atoms with Gasteiger partial charge in [0.1, 0.15) is 5.75 Å². The van der Waals surface area contributed by atoms with Crippen LogP contribution >= 0.6 is 24.0 Å². The van der Waals surface area contributed by atoms with Crippen molar-refractivity contribution in [3.63, 3.8) is 0 Å². The molecule has 2 aromatic rings. The van der Waals surface area contributed by atoms with Crippen molar-refractivity contribution in [1.29, 1.82) is 5.26 Å². The van der Waals surface area contributed by atoms with Crippen LogP contribution in [0.1, 0.15) is 36.1 Å². The van der Waals surface area contributed by atoms with Gasteiger partial charge in [0.2, 0.25) is 0 Å². The summed E-state index contributed by atoms with van der Waals surface area (Å²) >= 11 is 0. The third-order valence-electron chi connectivity index (χ3n) is 3.77. The highest BCUT2D eigenvalue weighted by molar-refractivity contribution is 14.0. The number of aryl methyl sites for hydroxylation is 1. The molecule has 0 heterocycles. The van der Waals surface area contributed by atoms with Crippen LogP contribution in [0.15, 0.2) is 47.5 Å². The number of rotatable bonds is 6. The van der Waals surface area contributed by atoms with Crippen LogP contribution < -0.4 is 15.4 Å². The predicted octanol–water partition coefficient (Wildman–Crippen LogP) is 4.14. The van der Waals surface area contributed by atoms with Gasteiger partial charge in [0.25, 0.3) is 0 Å². The molecule has 0 bridgehead atoms. The maximum atomic E-state index is 8.99. The second kappa shape index (κ2) is 11.4. The summed E-state index contributed by atoms with van der Waals surface area (Å²) in [6.07, 6.45) is 0.125. The number of guanidine groups is 1. The first-order valence-electron chi connectivity index (χ1n) is 8.71. The van der Waals surface area contributed by atoms with Gasteiger partial charge in [-0.3, -0.25) is 4.99 Å². The molecule has 0 saturated heterocycles. The van der Waals surface area contributed by atoms with Crippen molar-refractivity contribution in [2.45, 2.75) is 40.0 Å². The highest BCUT2D eigenvalue weighted by Crippen LogP contribution is 2.21. The summed E-state index contributed by atoms with van der Waals surface area (Å²) in [5.74, 6) is 1.59. The highest BCUT2D eigenvalue weighted by Gasteiger charge is 2.07. The van der Waals surface area contributed by atoms with E-state index in [2.05, 4.69) is 46.8 Å². The minimum Gasteiger partial charge on any atom is -0.491 e. The van der Waals surface area contributed by atoms with Crippen molar-refractivity contribution in [2.75, 3.05) is 7.05 Å². The van der Waals surface area contributed by atoms with Crippen LogP contribution in [0, 0.1) is 18.3 Å². The third-order valence-corrected chi connectivity index (χ3v) is 3.77. The smallest absolute Gasteiger partial charge is 0.191 e. The lowest BCUT2D eigenvalue weighted by Crippen LogP contribution is -2.36. The van der Waals surface area contributed by atoms with Crippen molar-refractivity contribution in [3.8, 4) is 11.8 Å². The SMILES string of the molecule is CN=C(NCc1cccc(C#N)c1)NCc1ccc(C)cc1OC(C)C.I. The Morgan fingerprint density at radius 1 is 1.15 bits per heavy atom. The summed E-state index contributed by atoms with van der Waals surface area (Å²) in [6, 6.07) is 15.9. The molecule has 0 aliphatic carbocycles. The minimum atomic E-state index is 0. The molecule has 0 atom stereocenters. The molecular formula is C21H27IN4O. The van der Waals surface area contributed by atoms with E-state index in [1.807, 2.05) is 32.0 Å². The van der Waals surface area contributed by atoms with Gasteiger partial charge >= 0.3 is 0 Å². The maximum Gasteiger partial charge on any atom is 0.191 e. The lowest BCUT2D eigenvalue weighted by atomic mass is 10.1. The average Bonchev–Trinajstić information content (AvgIpc) is 2.63. The fourth-order valence-electron chi connectivity index (χ4n) is 2.51. The van der Waals surface area contributed by atoms with Crippen molar-refractivity contribution in [3.05, 3.63) is 64.7 Å². The zero-order valence-electron chi connectivity index (χ0n) is 16.2. The molecule has 2 aromatic carbocycles. The fourth-order valence-corrected chi connectivity index (χ4v) is 2.51. The molecule has 5 nitrogen and oxygen atoms in total. The molecule has 0 amide bonds. The number of aliphatic imine (C=N–C) groups is 1. The van der Waals surface area contributed by atoms with E-state index in [-0.39, 0.29) is 30.1 Å². The summed E-state index contributed by atoms with van der Waals surface area (Å²) in [5, 5.41) is 15.6. The highest BCUT2D eigenvalue weighted by atomic mass is 127. The maximum absolute atomic E-state index is 8.99. The number of nitrogens with zero attached hydrogens (tertiary/aromatic N) is 2. The minimum absolute atomic E-state index is 0. The Morgan fingerprint density at radius 2 is 1.89 bits per heavy atom. The Bertz CT molecular complexity index is 812. The van der Waals surface area contributed by atoms with Gasteiger partial charge in [-0.05, 0) is 50.1 Å². The van der Waals surface area contributed by atoms with Gasteiger partial charge in [0.05, 0.1) is 17.7 Å². The predicted molar refractivity (Wildman–Crippen MR) is 121 cm³/mol. The van der Waals surface area contributed by atoms with Gasteiger partial charge in [0.15, 0.2) is 5.96 Å². The van der Waals surface area contributed by atoms with Crippen molar-refractivity contribution >= 4 is 29.9 Å². The second-order valence-corrected chi connectivity index (χ2v) is 6.37. The first-order chi connectivity index (χ1) is 12.5. The van der Waals surface area contributed by atoms with Crippen LogP contribution in [0.4, 0.5) is 0 Å². The standard InChI is InChI=1S/C21H26N4O.HI/c1-15(2)26-20-10-16(3)8-9-19(20)14-25-21(23-4)24-13-18-7-5-6-17(11-18)12-22;/h5-11,15H,13-14H2,1-4H3,(H2,23,24,25);1H. The Labute approximate surface area is 178 Å². The van der Waals surface area contributed by atoms with Gasteiger partial charge in [-0.25, -0.2) is 0 Å². The third kappa shape index (κ3) is 7.47. The van der Waals surface area contributed by atoms with Gasteiger partial charge in [-0.15, -0.1) is 24.0 Å². The first kappa shape index (κ1) is 22.8. The van der Waals surface area contributed by atoms with Gasteiger partial charge in [0, 0.05) is 25.7 Å². The summed E-state index contributed by atoms with van der Waals surface area (Å²) in [4.78, 5) is 4.26. The van der Waals surface area contributed by atoms with Gasteiger partial charge < -0.3 is 15.4 Å². The molecule has 27 heavy (non-hydrogen) atoms. The average molecular weight is 478 g/mol. The zero-order valence-corrected chi connectivity index (χ0v) is 18.6. The number of ether oxygens (including phenoxy) is 1. The van der Waals surface area contributed by atoms with Crippen LogP contribution in [-0.2, 0) is 13.1 Å². The van der Waals surface area contributed by atoms with Crippen LogP contribution in [0.5, 0.6) is 5.75 Å². The van der Waals surface area contributed by atoms with E-state index in [0.717, 1.165) is 16.9 Å². The van der Waals surface area contributed by atoms with Crippen LogP contribution in [0.2, 0.25) is 0 Å². The van der Waals surface area contributed by atoms with Crippen LogP contribution in [-0.4, -0.2) is 19.1 Å². The number of hydrogen-bond acceptors (Lipinski definition) is 3. The molecule has 0 aliphatic rings. The normalized spacial score (nSPS) is 10.7. The summed E-state index contributed by atoms with van der Waals surface area (Å²) in [6.45, 7) is 7.31. The van der Waals surface area contributed by atoms with E-state index in [1.165, 1.54) is 5.56 Å². The van der Waals surface area contributed by atoms with Crippen molar-refractivity contribution in [1.82, 2.24) is 10.6 Å². The lowest BCUT2D eigenvalue weighted by Gasteiger charge is -2.17. The molecule has 0 saturated carbocycles. The molecule has 2 N–H and O–H groups in total. The molecular weight excluding hydrogens is 451 g/mol. The number of benzene rings is 2. The molecule has 144 valence electrons. The van der Waals surface area contributed by atoms with E-state index < -0.39 is 0 Å². The van der Waals surface area contributed by atoms with Crippen molar-refractivity contribution < 1.29 is 4.74 Å². The molecule has 0 fully saturated rings. The topological polar surface area (TPSA) is 69.4 Å². The van der Waals surface area contributed by atoms with Gasteiger partial charge in [-0.1, -0.05) is 24.3 Å². The Hall–Kier alpha value is -2.27. The summed E-state index contributed by atoms with van der Waals surface area (Å²) in [5.41, 5.74) is 3.94. The fraction of sp³-hybridized carbons (Fsp3) is 0.333. The lowest BCUT2D eigenvalue weighted by molar-refractivity contribution is 0.239. The van der Waals surface area contributed by atoms with Gasteiger partial charge in [-0.2, -0.15) is 5.26 Å². The number of hydrogen-bond donors (Lipinski definition) is 2. The van der Waals surface area contributed by atoms with E-state index in [0.29, 0.717) is 24.6 Å². The van der Waals surface area contributed by atoms with E-state index in [4.69, 9.17) is 10.00 Å². The Kier molecular flexibility index (Phi) is 9.65. The molecule has 2 rings (SSSR count). The number of halogens is 1. The quantitative estimate of drug-likeness (QED) is 0.372. The van der Waals surface area contributed by atoms with E-state index in [9.17, 15) is 0 Å². The van der Waals surface area contributed by atoms with E-state index >= 15 is 0 Å². The first-order valence-corrected chi connectivity index (χ1v) is 8.71. The Morgan fingerprint density at radius 3 is 2.56 bits per heavy atom. The zero-order chi connectivity index (χ0) is 18.9. The number of nitriles is 1. The van der Waals surface area contributed by atoms with E-state index in [1.54, 1.807) is 13.1 Å². The molecule has 0 spiro atoms. The second-order valence-electron chi connectivity index (χ2n) is 6.37. The van der Waals surface area contributed by atoms with Crippen LogP contribution in [0.3, 0.4) is 0 Å². The Balaban J connectivity index is 0.00000364. The largest absolute Gasteiger partial charge is 0.491 e. The molecule has 0 unspecified atom stereocenters.